The average Bonchev–Trinajstić information content (AvgIpc) is 3.13. The van der Waals surface area contributed by atoms with Gasteiger partial charge in [-0.1, -0.05) is 73.7 Å². The molecule has 1 atom stereocenters. The Bertz CT molecular complexity index is 946. The van der Waals surface area contributed by atoms with E-state index in [4.69, 9.17) is 5.10 Å². The standard InChI is InChI=1S/C22H20N2O/c1-2-22(25)24-21(17-9-4-3-5-10-17)15-20(23-24)19-13-12-16-8-6-7-11-18(16)14-19/h3-14,21H,2,15H2,1H3. The second-order valence-corrected chi connectivity index (χ2v) is 6.33. The molecule has 4 rings (SSSR count). The largest absolute Gasteiger partial charge is 0.273 e. The van der Waals surface area contributed by atoms with Crippen LogP contribution >= 0.6 is 0 Å². The van der Waals surface area contributed by atoms with Crippen molar-refractivity contribution < 1.29 is 4.79 Å². The summed E-state index contributed by atoms with van der Waals surface area (Å²) in [7, 11) is 0. The Hall–Kier alpha value is -2.94. The Morgan fingerprint density at radius 3 is 2.48 bits per heavy atom. The fourth-order valence-electron chi connectivity index (χ4n) is 3.38. The minimum absolute atomic E-state index is 0.0184. The van der Waals surface area contributed by atoms with Crippen LogP contribution in [0.2, 0.25) is 0 Å². The fourth-order valence-corrected chi connectivity index (χ4v) is 3.38. The lowest BCUT2D eigenvalue weighted by molar-refractivity contribution is -0.132. The van der Waals surface area contributed by atoms with Crippen molar-refractivity contribution in [3.8, 4) is 0 Å². The summed E-state index contributed by atoms with van der Waals surface area (Å²) in [6.07, 6.45) is 1.20. The SMILES string of the molecule is CCC(=O)N1N=C(c2ccc3ccccc3c2)CC1c1ccccc1. The first-order valence-corrected chi connectivity index (χ1v) is 8.70. The number of hydrogen-bond donors (Lipinski definition) is 0. The zero-order valence-electron chi connectivity index (χ0n) is 14.2. The molecule has 1 aliphatic heterocycles. The maximum absolute atomic E-state index is 12.4. The third-order valence-electron chi connectivity index (χ3n) is 4.74. The van der Waals surface area contributed by atoms with E-state index in [-0.39, 0.29) is 11.9 Å². The fraction of sp³-hybridized carbons (Fsp3) is 0.182. The molecule has 1 aliphatic rings. The van der Waals surface area contributed by atoms with E-state index in [1.807, 2.05) is 37.3 Å². The number of fused-ring (bicyclic) bond motifs is 1. The number of rotatable bonds is 3. The minimum Gasteiger partial charge on any atom is -0.273 e. The van der Waals surface area contributed by atoms with E-state index in [9.17, 15) is 4.79 Å². The van der Waals surface area contributed by atoms with Crippen molar-refractivity contribution in [3.05, 3.63) is 83.9 Å². The number of benzene rings is 3. The molecule has 0 radical (unpaired) electrons. The van der Waals surface area contributed by atoms with Crippen molar-refractivity contribution in [2.24, 2.45) is 5.10 Å². The van der Waals surface area contributed by atoms with Gasteiger partial charge in [0.1, 0.15) is 0 Å². The monoisotopic (exact) mass is 328 g/mol. The molecule has 0 aliphatic carbocycles. The third-order valence-corrected chi connectivity index (χ3v) is 4.74. The van der Waals surface area contributed by atoms with Gasteiger partial charge in [0, 0.05) is 12.8 Å². The van der Waals surface area contributed by atoms with E-state index in [1.54, 1.807) is 5.01 Å². The van der Waals surface area contributed by atoms with Gasteiger partial charge in [0.15, 0.2) is 0 Å². The third kappa shape index (κ3) is 2.93. The highest BCUT2D eigenvalue weighted by Gasteiger charge is 2.32. The van der Waals surface area contributed by atoms with E-state index < -0.39 is 0 Å². The van der Waals surface area contributed by atoms with Crippen molar-refractivity contribution >= 4 is 22.4 Å². The summed E-state index contributed by atoms with van der Waals surface area (Å²) in [6, 6.07) is 24.8. The number of carbonyl (C=O) groups excluding carboxylic acids is 1. The van der Waals surface area contributed by atoms with Crippen LogP contribution in [0, 0.1) is 0 Å². The first-order chi connectivity index (χ1) is 12.3. The van der Waals surface area contributed by atoms with Gasteiger partial charge >= 0.3 is 0 Å². The molecule has 0 aromatic heterocycles. The number of hydrogen-bond acceptors (Lipinski definition) is 2. The molecular weight excluding hydrogens is 308 g/mol. The molecule has 25 heavy (non-hydrogen) atoms. The molecule has 3 aromatic carbocycles. The second-order valence-electron chi connectivity index (χ2n) is 6.33. The summed E-state index contributed by atoms with van der Waals surface area (Å²) in [5.74, 6) is 0.0599. The lowest BCUT2D eigenvalue weighted by Crippen LogP contribution is -2.26. The molecule has 0 fully saturated rings. The number of carbonyl (C=O) groups is 1. The van der Waals surface area contributed by atoms with Crippen LogP contribution in [0.5, 0.6) is 0 Å². The molecule has 0 saturated carbocycles. The maximum atomic E-state index is 12.4. The normalized spacial score (nSPS) is 16.9. The molecule has 0 saturated heterocycles. The molecule has 124 valence electrons. The highest BCUT2D eigenvalue weighted by atomic mass is 16.2. The Morgan fingerprint density at radius 2 is 1.72 bits per heavy atom. The number of nitrogens with zero attached hydrogens (tertiary/aromatic N) is 2. The van der Waals surface area contributed by atoms with Crippen molar-refractivity contribution in [2.75, 3.05) is 0 Å². The molecule has 3 heteroatoms. The van der Waals surface area contributed by atoms with Gasteiger partial charge in [0.2, 0.25) is 5.91 Å². The van der Waals surface area contributed by atoms with Crippen LogP contribution < -0.4 is 0 Å². The zero-order valence-corrected chi connectivity index (χ0v) is 14.2. The quantitative estimate of drug-likeness (QED) is 0.671. The van der Waals surface area contributed by atoms with Gasteiger partial charge in [0.25, 0.3) is 0 Å². The van der Waals surface area contributed by atoms with Gasteiger partial charge in [-0.3, -0.25) is 4.79 Å². The first kappa shape index (κ1) is 15.6. The lowest BCUT2D eigenvalue weighted by Gasteiger charge is -2.21. The van der Waals surface area contributed by atoms with Crippen molar-refractivity contribution in [1.29, 1.82) is 0 Å². The first-order valence-electron chi connectivity index (χ1n) is 8.70. The van der Waals surface area contributed by atoms with Crippen molar-refractivity contribution in [2.45, 2.75) is 25.8 Å². The van der Waals surface area contributed by atoms with Crippen LogP contribution in [0.1, 0.15) is 36.9 Å². The van der Waals surface area contributed by atoms with Crippen LogP contribution in [-0.4, -0.2) is 16.6 Å². The Morgan fingerprint density at radius 1 is 1.00 bits per heavy atom. The summed E-state index contributed by atoms with van der Waals surface area (Å²) in [4.78, 5) is 12.4. The van der Waals surface area contributed by atoms with Crippen molar-refractivity contribution in [3.63, 3.8) is 0 Å². The molecule has 3 aromatic rings. The summed E-state index contributed by atoms with van der Waals surface area (Å²) >= 11 is 0. The van der Waals surface area contributed by atoms with Gasteiger partial charge in [-0.15, -0.1) is 0 Å². The summed E-state index contributed by atoms with van der Waals surface area (Å²) in [6.45, 7) is 1.88. The average molecular weight is 328 g/mol. The molecule has 1 unspecified atom stereocenters. The molecule has 1 amide bonds. The summed E-state index contributed by atoms with van der Waals surface area (Å²) in [5.41, 5.74) is 3.19. The Balaban J connectivity index is 1.72. The van der Waals surface area contributed by atoms with E-state index in [0.29, 0.717) is 6.42 Å². The lowest BCUT2D eigenvalue weighted by atomic mass is 9.97. The Labute approximate surface area is 147 Å². The Kier molecular flexibility index (Phi) is 4.06. The maximum Gasteiger partial charge on any atom is 0.242 e. The van der Waals surface area contributed by atoms with E-state index in [2.05, 4.69) is 42.5 Å². The summed E-state index contributed by atoms with van der Waals surface area (Å²) < 4.78 is 0. The van der Waals surface area contributed by atoms with E-state index >= 15 is 0 Å². The molecule has 3 nitrogen and oxygen atoms in total. The zero-order chi connectivity index (χ0) is 17.2. The highest BCUT2D eigenvalue weighted by Crippen LogP contribution is 2.33. The molecule has 0 bridgehead atoms. The molecule has 0 N–H and O–H groups in total. The minimum atomic E-state index is -0.0184. The van der Waals surface area contributed by atoms with Crippen molar-refractivity contribution in [1.82, 2.24) is 5.01 Å². The highest BCUT2D eigenvalue weighted by molar-refractivity contribution is 6.05. The second kappa shape index (κ2) is 6.52. The number of hydrazone groups is 1. The van der Waals surface area contributed by atoms with Crippen LogP contribution in [-0.2, 0) is 4.79 Å². The topological polar surface area (TPSA) is 32.7 Å². The van der Waals surface area contributed by atoms with Gasteiger partial charge in [-0.05, 0) is 28.0 Å². The van der Waals surface area contributed by atoms with Gasteiger partial charge in [-0.2, -0.15) is 5.10 Å². The molecule has 1 heterocycles. The smallest absolute Gasteiger partial charge is 0.242 e. The van der Waals surface area contributed by atoms with Crippen LogP contribution in [0.4, 0.5) is 0 Å². The van der Waals surface area contributed by atoms with Crippen LogP contribution in [0.3, 0.4) is 0 Å². The van der Waals surface area contributed by atoms with Gasteiger partial charge < -0.3 is 0 Å². The van der Waals surface area contributed by atoms with Gasteiger partial charge in [-0.25, -0.2) is 5.01 Å². The van der Waals surface area contributed by atoms with Crippen LogP contribution in [0.15, 0.2) is 77.9 Å². The van der Waals surface area contributed by atoms with Gasteiger partial charge in [0.05, 0.1) is 11.8 Å². The predicted molar refractivity (Wildman–Crippen MR) is 101 cm³/mol. The summed E-state index contributed by atoms with van der Waals surface area (Å²) in [5, 5.41) is 8.77. The predicted octanol–water partition coefficient (Wildman–Crippen LogP) is 4.93. The molecular formula is C22H20N2O. The molecule has 0 spiro atoms. The van der Waals surface area contributed by atoms with E-state index in [1.165, 1.54) is 10.8 Å². The van der Waals surface area contributed by atoms with E-state index in [0.717, 1.165) is 23.3 Å². The van der Waals surface area contributed by atoms with Crippen LogP contribution in [0.25, 0.3) is 10.8 Å². The number of amides is 1.